The summed E-state index contributed by atoms with van der Waals surface area (Å²) in [5.74, 6) is 1.49. The van der Waals surface area contributed by atoms with Gasteiger partial charge in [0, 0.05) is 16.4 Å². The van der Waals surface area contributed by atoms with Gasteiger partial charge in [-0.1, -0.05) is 19.9 Å². The van der Waals surface area contributed by atoms with Crippen LogP contribution >= 0.6 is 11.3 Å². The molecule has 0 saturated carbocycles. The molecule has 0 aliphatic heterocycles. The Kier molecular flexibility index (Phi) is 5.14. The van der Waals surface area contributed by atoms with E-state index in [9.17, 15) is 9.18 Å². The Morgan fingerprint density at radius 1 is 1.31 bits per heavy atom. The van der Waals surface area contributed by atoms with Crippen LogP contribution in [-0.2, 0) is 6.54 Å². The van der Waals surface area contributed by atoms with Crippen LogP contribution in [0.2, 0.25) is 0 Å². The monoisotopic (exact) mass is 374 g/mol. The first-order valence-corrected chi connectivity index (χ1v) is 9.45. The molecule has 138 valence electrons. The van der Waals surface area contributed by atoms with Crippen molar-refractivity contribution >= 4 is 21.6 Å². The Morgan fingerprint density at radius 2 is 2.04 bits per heavy atom. The predicted molar refractivity (Wildman–Crippen MR) is 105 cm³/mol. The topological polar surface area (TPSA) is 44.1 Å². The smallest absolute Gasteiger partial charge is 0.263 e. The van der Waals surface area contributed by atoms with E-state index in [-0.39, 0.29) is 18.0 Å². The maximum absolute atomic E-state index is 13.2. The number of ether oxygens (including phenoxy) is 1. The number of halogens is 1. The lowest BCUT2D eigenvalue weighted by Gasteiger charge is -2.14. The quantitative estimate of drug-likeness (QED) is 0.642. The second-order valence-electron chi connectivity index (χ2n) is 6.67. The number of hydrogen-bond donors (Lipinski definition) is 0. The zero-order valence-electron chi connectivity index (χ0n) is 15.7. The lowest BCUT2D eigenvalue weighted by molar-refractivity contribution is 0.412. The van der Waals surface area contributed by atoms with E-state index >= 15 is 0 Å². The fraction of sp³-hybridized carbons (Fsp3) is 0.400. The van der Waals surface area contributed by atoms with E-state index in [2.05, 4.69) is 0 Å². The van der Waals surface area contributed by atoms with Crippen molar-refractivity contribution in [2.75, 3.05) is 13.8 Å². The number of fused-ring (bicyclic) bond motifs is 1. The van der Waals surface area contributed by atoms with Crippen molar-refractivity contribution in [3.63, 3.8) is 0 Å². The highest BCUT2D eigenvalue weighted by Gasteiger charge is 2.21. The highest BCUT2D eigenvalue weighted by Crippen LogP contribution is 2.37. The molecule has 0 spiro atoms. The van der Waals surface area contributed by atoms with Gasteiger partial charge in [0.15, 0.2) is 0 Å². The molecule has 26 heavy (non-hydrogen) atoms. The summed E-state index contributed by atoms with van der Waals surface area (Å²) in [7, 11) is 1.64. The van der Waals surface area contributed by atoms with Crippen molar-refractivity contribution in [1.29, 1.82) is 0 Å². The average molecular weight is 374 g/mol. The molecular formula is C20H23FN2O2S. The van der Waals surface area contributed by atoms with Crippen LogP contribution in [0.15, 0.2) is 23.0 Å². The minimum Gasteiger partial charge on any atom is -0.496 e. The fourth-order valence-corrected chi connectivity index (χ4v) is 4.38. The summed E-state index contributed by atoms with van der Waals surface area (Å²) in [5.41, 5.74) is 2.68. The van der Waals surface area contributed by atoms with Crippen molar-refractivity contribution in [3.8, 4) is 16.9 Å². The Bertz CT molecular complexity index is 1020. The van der Waals surface area contributed by atoms with Crippen molar-refractivity contribution < 1.29 is 9.13 Å². The molecule has 2 heterocycles. The number of alkyl halides is 1. The van der Waals surface area contributed by atoms with Crippen LogP contribution in [0.25, 0.3) is 21.3 Å². The maximum Gasteiger partial charge on any atom is 0.263 e. The highest BCUT2D eigenvalue weighted by atomic mass is 32.1. The van der Waals surface area contributed by atoms with Crippen LogP contribution in [0.3, 0.4) is 0 Å². The van der Waals surface area contributed by atoms with E-state index in [4.69, 9.17) is 9.72 Å². The summed E-state index contributed by atoms with van der Waals surface area (Å²) in [6.45, 7) is 7.35. The van der Waals surface area contributed by atoms with Gasteiger partial charge in [0.2, 0.25) is 0 Å². The van der Waals surface area contributed by atoms with Crippen molar-refractivity contribution in [2.24, 2.45) is 0 Å². The number of aryl methyl sites for hydroxylation is 2. The zero-order valence-corrected chi connectivity index (χ0v) is 16.5. The summed E-state index contributed by atoms with van der Waals surface area (Å²) in [4.78, 5) is 19.7. The van der Waals surface area contributed by atoms with Crippen LogP contribution in [0.1, 0.15) is 36.0 Å². The number of methoxy groups -OCH3 is 1. The molecule has 0 saturated heterocycles. The summed E-state index contributed by atoms with van der Waals surface area (Å²) in [6.07, 6.45) is 0. The molecule has 0 bridgehead atoms. The van der Waals surface area contributed by atoms with Gasteiger partial charge in [-0.3, -0.25) is 9.36 Å². The van der Waals surface area contributed by atoms with E-state index in [0.717, 1.165) is 32.1 Å². The van der Waals surface area contributed by atoms with Crippen LogP contribution in [0, 0.1) is 13.8 Å². The first kappa shape index (κ1) is 18.6. The molecule has 0 fully saturated rings. The molecule has 0 unspecified atom stereocenters. The molecule has 6 heteroatoms. The molecule has 0 N–H and O–H groups in total. The lowest BCUT2D eigenvalue weighted by Crippen LogP contribution is -2.26. The summed E-state index contributed by atoms with van der Waals surface area (Å²) >= 11 is 1.51. The average Bonchev–Trinajstić information content (AvgIpc) is 2.93. The SMILES string of the molecule is COc1ccc(-c2c(C)sc3nc(C(C)C)n(CCF)c(=O)c23)cc1C. The Balaban J connectivity index is 2.34. The molecule has 3 aromatic rings. The van der Waals surface area contributed by atoms with Gasteiger partial charge in [-0.25, -0.2) is 9.37 Å². The highest BCUT2D eigenvalue weighted by molar-refractivity contribution is 7.19. The van der Waals surface area contributed by atoms with Crippen LogP contribution in [0.5, 0.6) is 5.75 Å². The minimum atomic E-state index is -0.590. The largest absolute Gasteiger partial charge is 0.496 e. The molecule has 0 aliphatic rings. The second-order valence-corrected chi connectivity index (χ2v) is 7.87. The first-order valence-electron chi connectivity index (χ1n) is 8.63. The lowest BCUT2D eigenvalue weighted by atomic mass is 10.0. The maximum atomic E-state index is 13.2. The van der Waals surface area contributed by atoms with Gasteiger partial charge in [-0.2, -0.15) is 0 Å². The number of thiophene rings is 1. The fourth-order valence-electron chi connectivity index (χ4n) is 3.33. The van der Waals surface area contributed by atoms with Gasteiger partial charge in [-0.05, 0) is 37.1 Å². The number of nitrogens with zero attached hydrogens (tertiary/aromatic N) is 2. The number of aromatic nitrogens is 2. The Labute approximate surface area is 156 Å². The number of rotatable bonds is 5. The van der Waals surface area contributed by atoms with E-state index in [1.165, 1.54) is 15.9 Å². The first-order chi connectivity index (χ1) is 12.4. The molecule has 3 rings (SSSR count). The number of benzene rings is 1. The second kappa shape index (κ2) is 7.19. The molecule has 2 aromatic heterocycles. The van der Waals surface area contributed by atoms with Crippen molar-refractivity contribution in [2.45, 2.75) is 40.2 Å². The Hall–Kier alpha value is -2.21. The van der Waals surface area contributed by atoms with E-state index in [0.29, 0.717) is 11.2 Å². The standard InChI is InChI=1S/C20H23FN2O2S/c1-11(2)18-22-19-17(20(24)23(18)9-8-21)16(13(4)26-19)14-6-7-15(25-5)12(3)10-14/h6-7,10-11H,8-9H2,1-5H3. The van der Waals surface area contributed by atoms with Crippen molar-refractivity contribution in [1.82, 2.24) is 9.55 Å². The van der Waals surface area contributed by atoms with Gasteiger partial charge in [0.1, 0.15) is 23.1 Å². The molecular weight excluding hydrogens is 351 g/mol. The molecule has 0 amide bonds. The Morgan fingerprint density at radius 3 is 2.62 bits per heavy atom. The molecule has 0 atom stereocenters. The van der Waals surface area contributed by atoms with Gasteiger partial charge in [0.25, 0.3) is 5.56 Å². The zero-order chi connectivity index (χ0) is 19.0. The van der Waals surface area contributed by atoms with E-state index < -0.39 is 6.67 Å². The predicted octanol–water partition coefficient (Wildman–Crippen LogP) is 4.84. The van der Waals surface area contributed by atoms with Gasteiger partial charge in [0.05, 0.1) is 19.0 Å². The summed E-state index contributed by atoms with van der Waals surface area (Å²) in [6, 6.07) is 5.88. The normalized spacial score (nSPS) is 11.5. The third-order valence-corrected chi connectivity index (χ3v) is 5.52. The van der Waals surface area contributed by atoms with Crippen LogP contribution in [-0.4, -0.2) is 23.3 Å². The molecule has 1 aromatic carbocycles. The molecule has 4 nitrogen and oxygen atoms in total. The van der Waals surface area contributed by atoms with Gasteiger partial charge in [-0.15, -0.1) is 11.3 Å². The van der Waals surface area contributed by atoms with E-state index in [1.54, 1.807) is 7.11 Å². The van der Waals surface area contributed by atoms with Crippen LogP contribution < -0.4 is 10.3 Å². The van der Waals surface area contributed by atoms with Crippen molar-refractivity contribution in [3.05, 3.63) is 44.8 Å². The van der Waals surface area contributed by atoms with Crippen LogP contribution in [0.4, 0.5) is 4.39 Å². The van der Waals surface area contributed by atoms with Gasteiger partial charge < -0.3 is 4.74 Å². The number of hydrogen-bond acceptors (Lipinski definition) is 4. The third kappa shape index (κ3) is 3.03. The minimum absolute atomic E-state index is 0.0330. The third-order valence-electron chi connectivity index (χ3n) is 4.53. The molecule has 0 radical (unpaired) electrons. The molecule has 0 aliphatic carbocycles. The van der Waals surface area contributed by atoms with E-state index in [1.807, 2.05) is 45.9 Å². The van der Waals surface area contributed by atoms with Gasteiger partial charge >= 0.3 is 0 Å². The summed E-state index contributed by atoms with van der Waals surface area (Å²) in [5, 5.41) is 0.579. The summed E-state index contributed by atoms with van der Waals surface area (Å²) < 4.78 is 19.9.